The molecule has 3 heteroatoms. The minimum atomic E-state index is 0.199. The third-order valence-corrected chi connectivity index (χ3v) is 4.17. The van der Waals surface area contributed by atoms with Crippen molar-refractivity contribution in [1.29, 1.82) is 0 Å². The van der Waals surface area contributed by atoms with Gasteiger partial charge >= 0.3 is 0 Å². The van der Waals surface area contributed by atoms with Crippen molar-refractivity contribution in [3.05, 3.63) is 47.0 Å². The summed E-state index contributed by atoms with van der Waals surface area (Å²) in [6, 6.07) is 9.31. The van der Waals surface area contributed by atoms with Gasteiger partial charge in [-0.2, -0.15) is 0 Å². The smallest absolute Gasteiger partial charge is 0.222 e. The van der Waals surface area contributed by atoms with Crippen molar-refractivity contribution in [1.82, 2.24) is 10.2 Å². The van der Waals surface area contributed by atoms with Gasteiger partial charge in [-0.1, -0.05) is 35.9 Å². The van der Waals surface area contributed by atoms with E-state index in [1.807, 2.05) is 0 Å². The van der Waals surface area contributed by atoms with E-state index in [4.69, 9.17) is 0 Å². The maximum atomic E-state index is 11.5. The summed E-state index contributed by atoms with van der Waals surface area (Å²) in [5.74, 6) is 0.199. The van der Waals surface area contributed by atoms with Crippen LogP contribution in [0, 0.1) is 0 Å². The fourth-order valence-electron chi connectivity index (χ4n) is 2.56. The molecule has 0 radical (unpaired) electrons. The number of carbonyl (C=O) groups is 1. The lowest BCUT2D eigenvalue weighted by Crippen LogP contribution is -2.20. The second-order valence-electron chi connectivity index (χ2n) is 7.00. The standard InChI is InChI=1S/C21H30N2O/c1-16(2)21(22-19-13-14-19)18-11-8-10-17(15-18)9-6-5-7-12-20(24)23(3)4/h6,8-11,15,19,22H,5,7,12-14H2,1-4H3/b9-6-. The molecule has 1 aromatic rings. The van der Waals surface area contributed by atoms with Gasteiger partial charge in [0.25, 0.3) is 0 Å². The van der Waals surface area contributed by atoms with E-state index in [1.165, 1.54) is 35.2 Å². The highest BCUT2D eigenvalue weighted by atomic mass is 16.2. The van der Waals surface area contributed by atoms with E-state index in [9.17, 15) is 4.79 Å². The molecule has 1 aliphatic rings. The lowest BCUT2D eigenvalue weighted by Gasteiger charge is -2.13. The molecular formula is C21H30N2O. The van der Waals surface area contributed by atoms with Gasteiger partial charge in [0.15, 0.2) is 0 Å². The van der Waals surface area contributed by atoms with Crippen molar-refractivity contribution in [3.63, 3.8) is 0 Å². The molecule has 1 aromatic carbocycles. The molecule has 1 saturated carbocycles. The lowest BCUT2D eigenvalue weighted by atomic mass is 10.0. The van der Waals surface area contributed by atoms with Crippen LogP contribution in [0.3, 0.4) is 0 Å². The van der Waals surface area contributed by atoms with Gasteiger partial charge in [0.2, 0.25) is 5.91 Å². The van der Waals surface area contributed by atoms with Crippen LogP contribution in [-0.4, -0.2) is 30.9 Å². The fraction of sp³-hybridized carbons (Fsp3) is 0.476. The number of benzene rings is 1. The minimum Gasteiger partial charge on any atom is -0.382 e. The Hall–Kier alpha value is -2.03. The number of hydrogen-bond acceptors (Lipinski definition) is 2. The van der Waals surface area contributed by atoms with Gasteiger partial charge in [-0.15, -0.1) is 0 Å². The normalized spacial score (nSPS) is 13.8. The van der Waals surface area contributed by atoms with Gasteiger partial charge in [-0.05, 0) is 56.7 Å². The molecule has 130 valence electrons. The first-order chi connectivity index (χ1) is 11.5. The van der Waals surface area contributed by atoms with Gasteiger partial charge in [0.1, 0.15) is 0 Å². The SMILES string of the molecule is CC(C)=C(NC1CC1)c1cccc(/C=C\CCCC(=O)N(C)C)c1. The molecule has 0 aromatic heterocycles. The maximum absolute atomic E-state index is 11.5. The summed E-state index contributed by atoms with van der Waals surface area (Å²) >= 11 is 0. The Morgan fingerprint density at radius 1 is 1.29 bits per heavy atom. The Morgan fingerprint density at radius 3 is 2.67 bits per heavy atom. The van der Waals surface area contributed by atoms with Crippen molar-refractivity contribution in [2.24, 2.45) is 0 Å². The maximum Gasteiger partial charge on any atom is 0.222 e. The lowest BCUT2D eigenvalue weighted by molar-refractivity contribution is -0.128. The zero-order valence-electron chi connectivity index (χ0n) is 15.4. The van der Waals surface area contributed by atoms with E-state index in [0.717, 1.165) is 12.8 Å². The van der Waals surface area contributed by atoms with Crippen LogP contribution < -0.4 is 5.32 Å². The molecule has 0 atom stereocenters. The van der Waals surface area contributed by atoms with Crippen molar-refractivity contribution in [2.75, 3.05) is 14.1 Å². The van der Waals surface area contributed by atoms with Crippen LogP contribution in [0.1, 0.15) is 57.1 Å². The van der Waals surface area contributed by atoms with Gasteiger partial charge in [-0.25, -0.2) is 0 Å². The number of nitrogens with one attached hydrogen (secondary N) is 1. The molecular weight excluding hydrogens is 296 g/mol. The van der Waals surface area contributed by atoms with Crippen LogP contribution in [0.5, 0.6) is 0 Å². The number of amides is 1. The van der Waals surface area contributed by atoms with Crippen LogP contribution >= 0.6 is 0 Å². The molecule has 0 saturated heterocycles. The van der Waals surface area contributed by atoms with Gasteiger partial charge in [-0.3, -0.25) is 4.79 Å². The van der Waals surface area contributed by atoms with Crippen LogP contribution in [0.25, 0.3) is 11.8 Å². The summed E-state index contributed by atoms with van der Waals surface area (Å²) in [5, 5.41) is 3.65. The molecule has 0 unspecified atom stereocenters. The van der Waals surface area contributed by atoms with Gasteiger partial charge in [0.05, 0.1) is 0 Å². The Morgan fingerprint density at radius 2 is 2.04 bits per heavy atom. The summed E-state index contributed by atoms with van der Waals surface area (Å²) in [7, 11) is 3.61. The molecule has 1 fully saturated rings. The Balaban J connectivity index is 1.93. The summed E-state index contributed by atoms with van der Waals surface area (Å²) < 4.78 is 0. The molecule has 0 aliphatic heterocycles. The highest BCUT2D eigenvalue weighted by Gasteiger charge is 2.22. The zero-order chi connectivity index (χ0) is 17.5. The summed E-state index contributed by atoms with van der Waals surface area (Å²) in [6.07, 6.45) is 9.33. The van der Waals surface area contributed by atoms with Gasteiger partial charge < -0.3 is 10.2 Å². The summed E-state index contributed by atoms with van der Waals surface area (Å²) in [4.78, 5) is 13.2. The predicted octanol–water partition coefficient (Wildman–Crippen LogP) is 4.46. The summed E-state index contributed by atoms with van der Waals surface area (Å²) in [5.41, 5.74) is 5.06. The molecule has 1 N–H and O–H groups in total. The number of rotatable bonds is 8. The number of nitrogens with zero attached hydrogens (tertiary/aromatic N) is 1. The fourth-order valence-corrected chi connectivity index (χ4v) is 2.56. The second-order valence-corrected chi connectivity index (χ2v) is 7.00. The van der Waals surface area contributed by atoms with Crippen molar-refractivity contribution in [2.45, 2.75) is 52.0 Å². The van der Waals surface area contributed by atoms with E-state index in [-0.39, 0.29) is 5.91 Å². The molecule has 2 rings (SSSR count). The average molecular weight is 326 g/mol. The first kappa shape index (κ1) is 18.3. The highest BCUT2D eigenvalue weighted by Crippen LogP contribution is 2.26. The zero-order valence-corrected chi connectivity index (χ0v) is 15.4. The molecule has 0 bridgehead atoms. The van der Waals surface area contributed by atoms with Crippen LogP contribution in [0.2, 0.25) is 0 Å². The third kappa shape index (κ3) is 5.88. The van der Waals surface area contributed by atoms with E-state index in [0.29, 0.717) is 12.5 Å². The number of carbonyl (C=O) groups excluding carboxylic acids is 1. The first-order valence-corrected chi connectivity index (χ1v) is 8.88. The van der Waals surface area contributed by atoms with Crippen molar-refractivity contribution in [3.8, 4) is 0 Å². The second kappa shape index (κ2) is 8.72. The molecule has 0 spiro atoms. The van der Waals surface area contributed by atoms with Crippen LogP contribution in [-0.2, 0) is 4.79 Å². The topological polar surface area (TPSA) is 32.3 Å². The predicted molar refractivity (Wildman–Crippen MR) is 102 cm³/mol. The third-order valence-electron chi connectivity index (χ3n) is 4.17. The average Bonchev–Trinajstić information content (AvgIpc) is 3.36. The largest absolute Gasteiger partial charge is 0.382 e. The van der Waals surface area contributed by atoms with Crippen molar-refractivity contribution >= 4 is 17.7 Å². The molecule has 0 heterocycles. The Kier molecular flexibility index (Phi) is 6.65. The number of unbranched alkanes of at least 4 members (excludes halogenated alkanes) is 1. The number of allylic oxidation sites excluding steroid dienone is 2. The molecule has 24 heavy (non-hydrogen) atoms. The quantitative estimate of drug-likeness (QED) is 0.715. The van der Waals surface area contributed by atoms with Gasteiger partial charge in [0, 0.05) is 32.3 Å². The van der Waals surface area contributed by atoms with E-state index in [2.05, 4.69) is 55.6 Å². The molecule has 1 aliphatic carbocycles. The van der Waals surface area contributed by atoms with E-state index < -0.39 is 0 Å². The minimum absolute atomic E-state index is 0.199. The molecule has 1 amide bonds. The first-order valence-electron chi connectivity index (χ1n) is 8.88. The molecule has 3 nitrogen and oxygen atoms in total. The Labute approximate surface area is 146 Å². The highest BCUT2D eigenvalue weighted by molar-refractivity contribution is 5.75. The van der Waals surface area contributed by atoms with Crippen LogP contribution in [0.4, 0.5) is 0 Å². The summed E-state index contributed by atoms with van der Waals surface area (Å²) in [6.45, 7) is 4.32. The van der Waals surface area contributed by atoms with Crippen molar-refractivity contribution < 1.29 is 4.79 Å². The van der Waals surface area contributed by atoms with Crippen LogP contribution in [0.15, 0.2) is 35.9 Å². The Bertz CT molecular complexity index is 620. The monoisotopic (exact) mass is 326 g/mol. The van der Waals surface area contributed by atoms with E-state index >= 15 is 0 Å². The van der Waals surface area contributed by atoms with E-state index in [1.54, 1.807) is 19.0 Å². The number of hydrogen-bond donors (Lipinski definition) is 1.